The van der Waals surface area contributed by atoms with Gasteiger partial charge in [0.25, 0.3) is 0 Å². The second kappa shape index (κ2) is 6.46. The van der Waals surface area contributed by atoms with E-state index in [1.54, 1.807) is 0 Å². The number of fused-ring (bicyclic) bond motifs is 1. The van der Waals surface area contributed by atoms with Crippen molar-refractivity contribution in [2.24, 2.45) is 5.92 Å². The minimum Gasteiger partial charge on any atom is -0.392 e. The normalized spacial score (nSPS) is 22.8. The number of rotatable bonds is 3. The molecule has 1 N–H and O–H groups in total. The van der Waals surface area contributed by atoms with Crippen LogP contribution in [0.4, 0.5) is 5.82 Å². The van der Waals surface area contributed by atoms with Crippen LogP contribution in [0.5, 0.6) is 0 Å². The smallest absolute Gasteiger partial charge is 0.134 e. The maximum Gasteiger partial charge on any atom is 0.134 e. The zero-order valence-electron chi connectivity index (χ0n) is 13.4. The zero-order chi connectivity index (χ0) is 15.6. The lowest BCUT2D eigenvalue weighted by Crippen LogP contribution is -2.38. The highest BCUT2D eigenvalue weighted by Crippen LogP contribution is 2.32. The average molecular weight is 312 g/mol. The Morgan fingerprint density at radius 3 is 2.74 bits per heavy atom. The van der Waals surface area contributed by atoms with Crippen molar-refractivity contribution in [1.29, 1.82) is 0 Å². The van der Waals surface area contributed by atoms with Crippen LogP contribution in [0.1, 0.15) is 31.2 Å². The maximum atomic E-state index is 9.75. The molecule has 0 radical (unpaired) electrons. The van der Waals surface area contributed by atoms with Gasteiger partial charge in [-0.05, 0) is 43.7 Å². The van der Waals surface area contributed by atoms with Crippen molar-refractivity contribution in [3.8, 4) is 0 Å². The number of pyridine rings is 1. The Labute approximate surface area is 137 Å². The number of hydrogen-bond donors (Lipinski definition) is 1. The van der Waals surface area contributed by atoms with Gasteiger partial charge in [0.15, 0.2) is 0 Å². The Bertz CT molecular complexity index is 674. The van der Waals surface area contributed by atoms with E-state index in [4.69, 9.17) is 9.72 Å². The third kappa shape index (κ3) is 2.93. The number of hydrogen-bond acceptors (Lipinski definition) is 4. The first-order chi connectivity index (χ1) is 11.3. The lowest BCUT2D eigenvalue weighted by Gasteiger charge is -2.36. The molecule has 2 aliphatic heterocycles. The molecule has 1 unspecified atom stereocenters. The monoisotopic (exact) mass is 312 g/mol. The Hall–Kier alpha value is -1.65. The molecule has 1 aromatic heterocycles. The largest absolute Gasteiger partial charge is 0.392 e. The van der Waals surface area contributed by atoms with E-state index < -0.39 is 0 Å². The van der Waals surface area contributed by atoms with Crippen molar-refractivity contribution >= 4 is 16.7 Å². The van der Waals surface area contributed by atoms with Crippen LogP contribution in [0, 0.1) is 5.92 Å². The number of aliphatic hydroxyl groups excluding tert-OH is 1. The fraction of sp³-hybridized carbons (Fsp3) is 0.526. The van der Waals surface area contributed by atoms with E-state index in [-0.39, 0.29) is 6.61 Å². The molecule has 3 heterocycles. The first kappa shape index (κ1) is 14.9. The first-order valence-corrected chi connectivity index (χ1v) is 8.71. The third-order valence-corrected chi connectivity index (χ3v) is 5.28. The van der Waals surface area contributed by atoms with Crippen LogP contribution < -0.4 is 4.90 Å². The van der Waals surface area contributed by atoms with E-state index >= 15 is 0 Å². The van der Waals surface area contributed by atoms with Gasteiger partial charge in [-0.1, -0.05) is 18.2 Å². The van der Waals surface area contributed by atoms with Crippen molar-refractivity contribution in [2.75, 3.05) is 24.6 Å². The standard InChI is InChI=1S/C19H24N2O2/c22-13-16-12-15-4-1-2-5-17(15)20-19(16)21-9-7-14(8-10-21)18-6-3-11-23-18/h1-2,4-5,12,14,18,22H,3,6-11,13H2. The van der Waals surface area contributed by atoms with Crippen LogP contribution >= 0.6 is 0 Å². The number of aliphatic hydroxyl groups is 1. The predicted molar refractivity (Wildman–Crippen MR) is 91.6 cm³/mol. The Morgan fingerprint density at radius 1 is 1.17 bits per heavy atom. The summed E-state index contributed by atoms with van der Waals surface area (Å²) in [6.07, 6.45) is 5.22. The lowest BCUT2D eigenvalue weighted by atomic mass is 9.89. The van der Waals surface area contributed by atoms with Crippen molar-refractivity contribution in [1.82, 2.24) is 4.98 Å². The molecule has 2 saturated heterocycles. The highest BCUT2D eigenvalue weighted by Gasteiger charge is 2.30. The number of benzene rings is 1. The van der Waals surface area contributed by atoms with Crippen LogP contribution in [-0.2, 0) is 11.3 Å². The fourth-order valence-electron chi connectivity index (χ4n) is 4.00. The summed E-state index contributed by atoms with van der Waals surface area (Å²) in [7, 11) is 0. The predicted octanol–water partition coefficient (Wildman–Crippen LogP) is 3.12. The molecule has 2 aliphatic rings. The summed E-state index contributed by atoms with van der Waals surface area (Å²) in [5, 5.41) is 10.8. The second-order valence-electron chi connectivity index (χ2n) is 6.70. The quantitative estimate of drug-likeness (QED) is 0.946. The van der Waals surface area contributed by atoms with Gasteiger partial charge in [-0.15, -0.1) is 0 Å². The molecule has 4 nitrogen and oxygen atoms in total. The zero-order valence-corrected chi connectivity index (χ0v) is 13.4. The van der Waals surface area contributed by atoms with Crippen LogP contribution in [0.25, 0.3) is 10.9 Å². The molecule has 2 fully saturated rings. The number of para-hydroxylation sites is 1. The molecule has 122 valence electrons. The molecule has 0 spiro atoms. The molecule has 0 amide bonds. The van der Waals surface area contributed by atoms with Gasteiger partial charge in [-0.3, -0.25) is 0 Å². The number of ether oxygens (including phenoxy) is 1. The molecular weight excluding hydrogens is 288 g/mol. The highest BCUT2D eigenvalue weighted by atomic mass is 16.5. The second-order valence-corrected chi connectivity index (χ2v) is 6.70. The topological polar surface area (TPSA) is 45.6 Å². The van der Waals surface area contributed by atoms with Gasteiger partial charge >= 0.3 is 0 Å². The minimum atomic E-state index is 0.0405. The molecule has 23 heavy (non-hydrogen) atoms. The Balaban J connectivity index is 1.55. The molecule has 0 aliphatic carbocycles. The summed E-state index contributed by atoms with van der Waals surface area (Å²) in [6.45, 7) is 2.98. The number of anilines is 1. The first-order valence-electron chi connectivity index (χ1n) is 8.71. The van der Waals surface area contributed by atoms with Crippen molar-refractivity contribution in [3.05, 3.63) is 35.9 Å². The van der Waals surface area contributed by atoms with Gasteiger partial charge in [0.05, 0.1) is 18.2 Å². The van der Waals surface area contributed by atoms with Crippen LogP contribution in [0.3, 0.4) is 0 Å². The van der Waals surface area contributed by atoms with Gasteiger partial charge in [0.1, 0.15) is 5.82 Å². The van der Waals surface area contributed by atoms with Crippen LogP contribution in [0.15, 0.2) is 30.3 Å². The third-order valence-electron chi connectivity index (χ3n) is 5.28. The molecular formula is C19H24N2O2. The van der Waals surface area contributed by atoms with E-state index in [2.05, 4.69) is 17.0 Å². The molecule has 0 saturated carbocycles. The summed E-state index contributed by atoms with van der Waals surface area (Å²) in [5.41, 5.74) is 1.93. The van der Waals surface area contributed by atoms with E-state index in [1.807, 2.05) is 18.2 Å². The van der Waals surface area contributed by atoms with Crippen molar-refractivity contribution in [3.63, 3.8) is 0 Å². The molecule has 1 atom stereocenters. The fourth-order valence-corrected chi connectivity index (χ4v) is 4.00. The van der Waals surface area contributed by atoms with Gasteiger partial charge in [-0.2, -0.15) is 0 Å². The molecule has 1 aromatic carbocycles. The number of piperidine rings is 1. The summed E-state index contributed by atoms with van der Waals surface area (Å²) in [5.74, 6) is 1.64. The van der Waals surface area contributed by atoms with Crippen LogP contribution in [-0.4, -0.2) is 35.9 Å². The Morgan fingerprint density at radius 2 is 2.00 bits per heavy atom. The number of nitrogens with zero attached hydrogens (tertiary/aromatic N) is 2. The highest BCUT2D eigenvalue weighted by molar-refractivity contribution is 5.81. The molecule has 4 heteroatoms. The van der Waals surface area contributed by atoms with Gasteiger partial charge in [-0.25, -0.2) is 4.98 Å². The SMILES string of the molecule is OCc1cc2ccccc2nc1N1CCC(C2CCCO2)CC1. The van der Waals surface area contributed by atoms with Crippen LogP contribution in [0.2, 0.25) is 0 Å². The van der Waals surface area contributed by atoms with E-state index in [0.29, 0.717) is 12.0 Å². The molecule has 2 aromatic rings. The number of aromatic nitrogens is 1. The minimum absolute atomic E-state index is 0.0405. The summed E-state index contributed by atoms with van der Waals surface area (Å²) in [6, 6.07) is 10.2. The van der Waals surface area contributed by atoms with E-state index in [1.165, 1.54) is 12.8 Å². The van der Waals surface area contributed by atoms with Crippen molar-refractivity contribution < 1.29 is 9.84 Å². The van der Waals surface area contributed by atoms with Gasteiger partial charge in [0, 0.05) is 30.6 Å². The van der Waals surface area contributed by atoms with E-state index in [9.17, 15) is 5.11 Å². The van der Waals surface area contributed by atoms with Gasteiger partial charge in [0.2, 0.25) is 0 Å². The molecule has 0 bridgehead atoms. The molecule has 4 rings (SSSR count). The summed E-state index contributed by atoms with van der Waals surface area (Å²) >= 11 is 0. The Kier molecular flexibility index (Phi) is 4.19. The lowest BCUT2D eigenvalue weighted by molar-refractivity contribution is 0.0531. The maximum absolute atomic E-state index is 9.75. The van der Waals surface area contributed by atoms with E-state index in [0.717, 1.165) is 54.8 Å². The van der Waals surface area contributed by atoms with Gasteiger partial charge < -0.3 is 14.7 Å². The summed E-state index contributed by atoms with van der Waals surface area (Å²) in [4.78, 5) is 7.16. The average Bonchev–Trinajstić information content (AvgIpc) is 3.15. The summed E-state index contributed by atoms with van der Waals surface area (Å²) < 4.78 is 5.86. The van der Waals surface area contributed by atoms with Crippen molar-refractivity contribution in [2.45, 2.75) is 38.4 Å².